The van der Waals surface area contributed by atoms with Crippen LogP contribution in [0.15, 0.2) is 39.2 Å². The van der Waals surface area contributed by atoms with Gasteiger partial charge in [-0.2, -0.15) is 0 Å². The minimum Gasteiger partial charge on any atom is -0.494 e. The Hall–Kier alpha value is -1.26. The number of hydrogen-bond acceptors (Lipinski definition) is 3. The number of ether oxygens (including phenoxy) is 1. The van der Waals surface area contributed by atoms with Gasteiger partial charge >= 0.3 is 0 Å². The van der Waals surface area contributed by atoms with Gasteiger partial charge in [0.2, 0.25) is 0 Å². The third-order valence-corrected chi connectivity index (χ3v) is 3.73. The molecule has 0 aliphatic heterocycles. The van der Waals surface area contributed by atoms with Crippen molar-refractivity contribution in [1.29, 1.82) is 0 Å². The Kier molecular flexibility index (Phi) is 5.26. The van der Waals surface area contributed by atoms with Crippen LogP contribution in [0, 0.1) is 6.92 Å². The molecule has 1 atom stereocenters. The molecule has 0 radical (unpaired) electrons. The normalized spacial score (nSPS) is 12.4. The number of halogens is 1. The molecule has 0 saturated carbocycles. The Balaban J connectivity index is 2.34. The number of benzene rings is 1. The van der Waals surface area contributed by atoms with Gasteiger partial charge in [0.25, 0.3) is 0 Å². The van der Waals surface area contributed by atoms with E-state index in [0.717, 1.165) is 33.9 Å². The SMILES string of the molecule is CCNC(c1ccc(C)o1)c1ccc(OCC)cc1Br. The third-order valence-electron chi connectivity index (χ3n) is 3.05. The zero-order valence-corrected chi connectivity index (χ0v) is 13.7. The van der Waals surface area contributed by atoms with Crippen molar-refractivity contribution >= 4 is 15.9 Å². The predicted octanol–water partition coefficient (Wildman–Crippen LogP) is 4.45. The zero-order chi connectivity index (χ0) is 14.5. The van der Waals surface area contributed by atoms with E-state index < -0.39 is 0 Å². The summed E-state index contributed by atoms with van der Waals surface area (Å²) in [6.07, 6.45) is 0. The molecule has 1 heterocycles. The standard InChI is InChI=1S/C16H20BrNO2/c1-4-18-16(15-9-6-11(3)20-15)13-8-7-12(19-5-2)10-14(13)17/h6-10,16,18H,4-5H2,1-3H3. The van der Waals surface area contributed by atoms with E-state index >= 15 is 0 Å². The molecule has 0 saturated heterocycles. The summed E-state index contributed by atoms with van der Waals surface area (Å²) in [6, 6.07) is 10.1. The molecule has 1 aromatic heterocycles. The summed E-state index contributed by atoms with van der Waals surface area (Å²) in [5.41, 5.74) is 1.14. The van der Waals surface area contributed by atoms with Gasteiger partial charge in [-0.15, -0.1) is 0 Å². The van der Waals surface area contributed by atoms with E-state index in [1.807, 2.05) is 38.1 Å². The van der Waals surface area contributed by atoms with Crippen LogP contribution in [0.1, 0.15) is 37.0 Å². The summed E-state index contributed by atoms with van der Waals surface area (Å²) >= 11 is 3.63. The first-order valence-corrected chi connectivity index (χ1v) is 7.67. The first kappa shape index (κ1) is 15.1. The highest BCUT2D eigenvalue weighted by molar-refractivity contribution is 9.10. The van der Waals surface area contributed by atoms with E-state index in [2.05, 4.69) is 34.2 Å². The highest BCUT2D eigenvalue weighted by Crippen LogP contribution is 2.32. The van der Waals surface area contributed by atoms with Crippen molar-refractivity contribution in [2.24, 2.45) is 0 Å². The molecule has 0 amide bonds. The van der Waals surface area contributed by atoms with Crippen LogP contribution >= 0.6 is 15.9 Å². The summed E-state index contributed by atoms with van der Waals surface area (Å²) in [5.74, 6) is 2.72. The van der Waals surface area contributed by atoms with Crippen LogP contribution < -0.4 is 10.1 Å². The molecule has 0 spiro atoms. The molecule has 0 bridgehead atoms. The molecule has 3 nitrogen and oxygen atoms in total. The summed E-state index contributed by atoms with van der Waals surface area (Å²) < 4.78 is 12.3. The number of rotatable bonds is 6. The van der Waals surface area contributed by atoms with Gasteiger partial charge in [-0.1, -0.05) is 28.9 Å². The Morgan fingerprint density at radius 2 is 2.05 bits per heavy atom. The van der Waals surface area contributed by atoms with E-state index in [4.69, 9.17) is 9.15 Å². The summed E-state index contributed by atoms with van der Waals surface area (Å²) in [6.45, 7) is 7.56. The maximum absolute atomic E-state index is 5.77. The lowest BCUT2D eigenvalue weighted by molar-refractivity contribution is 0.339. The molecule has 4 heteroatoms. The lowest BCUT2D eigenvalue weighted by atomic mass is 10.0. The predicted molar refractivity (Wildman–Crippen MR) is 84.3 cm³/mol. The van der Waals surface area contributed by atoms with E-state index in [0.29, 0.717) is 6.61 Å². The molecule has 0 aliphatic rings. The van der Waals surface area contributed by atoms with Gasteiger partial charge in [-0.05, 0) is 50.2 Å². The van der Waals surface area contributed by atoms with Gasteiger partial charge < -0.3 is 14.5 Å². The maximum Gasteiger partial charge on any atom is 0.125 e. The first-order valence-electron chi connectivity index (χ1n) is 6.87. The number of nitrogens with one attached hydrogen (secondary N) is 1. The minimum atomic E-state index is 0.0405. The fourth-order valence-electron chi connectivity index (χ4n) is 2.17. The van der Waals surface area contributed by atoms with Crippen molar-refractivity contribution < 1.29 is 9.15 Å². The molecule has 2 rings (SSSR count). The van der Waals surface area contributed by atoms with Gasteiger partial charge in [-0.3, -0.25) is 0 Å². The largest absolute Gasteiger partial charge is 0.494 e. The van der Waals surface area contributed by atoms with Gasteiger partial charge in [0.15, 0.2) is 0 Å². The average molecular weight is 338 g/mol. The smallest absolute Gasteiger partial charge is 0.125 e. The fourth-order valence-corrected chi connectivity index (χ4v) is 2.76. The third kappa shape index (κ3) is 3.44. The van der Waals surface area contributed by atoms with Gasteiger partial charge in [0.1, 0.15) is 17.3 Å². The Labute approximate surface area is 128 Å². The molecule has 0 fully saturated rings. The van der Waals surface area contributed by atoms with Crippen LogP contribution in [-0.2, 0) is 0 Å². The molecule has 1 aromatic carbocycles. The summed E-state index contributed by atoms with van der Waals surface area (Å²) in [5, 5.41) is 3.46. The summed E-state index contributed by atoms with van der Waals surface area (Å²) in [4.78, 5) is 0. The lowest BCUT2D eigenvalue weighted by Crippen LogP contribution is -2.21. The molecular formula is C16H20BrNO2. The maximum atomic E-state index is 5.77. The van der Waals surface area contributed by atoms with E-state index in [1.54, 1.807) is 0 Å². The highest BCUT2D eigenvalue weighted by atomic mass is 79.9. The number of aryl methyl sites for hydroxylation is 1. The molecule has 1 N–H and O–H groups in total. The lowest BCUT2D eigenvalue weighted by Gasteiger charge is -2.18. The van der Waals surface area contributed by atoms with E-state index in [9.17, 15) is 0 Å². The van der Waals surface area contributed by atoms with E-state index in [-0.39, 0.29) is 6.04 Å². The second-order valence-corrected chi connectivity index (χ2v) is 5.41. The van der Waals surface area contributed by atoms with Crippen LogP contribution in [-0.4, -0.2) is 13.2 Å². The van der Waals surface area contributed by atoms with E-state index in [1.165, 1.54) is 0 Å². The van der Waals surface area contributed by atoms with Crippen LogP contribution in [0.2, 0.25) is 0 Å². The fraction of sp³-hybridized carbons (Fsp3) is 0.375. The van der Waals surface area contributed by atoms with Crippen LogP contribution in [0.25, 0.3) is 0 Å². The number of hydrogen-bond donors (Lipinski definition) is 1. The molecule has 108 valence electrons. The zero-order valence-electron chi connectivity index (χ0n) is 12.1. The Morgan fingerprint density at radius 3 is 2.60 bits per heavy atom. The monoisotopic (exact) mass is 337 g/mol. The van der Waals surface area contributed by atoms with Crippen LogP contribution in [0.4, 0.5) is 0 Å². The van der Waals surface area contributed by atoms with Gasteiger partial charge in [0.05, 0.1) is 12.6 Å². The molecule has 20 heavy (non-hydrogen) atoms. The molecule has 1 unspecified atom stereocenters. The van der Waals surface area contributed by atoms with Crippen molar-refractivity contribution in [3.8, 4) is 5.75 Å². The van der Waals surface area contributed by atoms with Crippen LogP contribution in [0.5, 0.6) is 5.75 Å². The highest BCUT2D eigenvalue weighted by Gasteiger charge is 2.19. The molecule has 2 aromatic rings. The Morgan fingerprint density at radius 1 is 1.25 bits per heavy atom. The minimum absolute atomic E-state index is 0.0405. The van der Waals surface area contributed by atoms with Crippen LogP contribution in [0.3, 0.4) is 0 Å². The summed E-state index contributed by atoms with van der Waals surface area (Å²) in [7, 11) is 0. The van der Waals surface area contributed by atoms with Gasteiger partial charge in [-0.25, -0.2) is 0 Å². The van der Waals surface area contributed by atoms with Crippen molar-refractivity contribution in [2.75, 3.05) is 13.2 Å². The molecule has 0 aliphatic carbocycles. The average Bonchev–Trinajstić information content (AvgIpc) is 2.84. The van der Waals surface area contributed by atoms with Crippen molar-refractivity contribution in [3.05, 3.63) is 51.9 Å². The van der Waals surface area contributed by atoms with Crippen molar-refractivity contribution in [3.63, 3.8) is 0 Å². The van der Waals surface area contributed by atoms with Crippen molar-refractivity contribution in [1.82, 2.24) is 5.32 Å². The second kappa shape index (κ2) is 6.95. The first-order chi connectivity index (χ1) is 9.65. The van der Waals surface area contributed by atoms with Crippen molar-refractivity contribution in [2.45, 2.75) is 26.8 Å². The molecular weight excluding hydrogens is 318 g/mol. The topological polar surface area (TPSA) is 34.4 Å². The number of furan rings is 1. The Bertz CT molecular complexity index is 565. The van der Waals surface area contributed by atoms with Gasteiger partial charge in [0, 0.05) is 4.47 Å². The second-order valence-electron chi connectivity index (χ2n) is 4.56. The quantitative estimate of drug-likeness (QED) is 0.845.